The Labute approximate surface area is 309 Å². The van der Waals surface area contributed by atoms with Crippen molar-refractivity contribution in [2.75, 3.05) is 25.8 Å². The quantitative estimate of drug-likeness (QED) is 0.208. The smallest absolute Gasteiger partial charge is 0.425 e. The predicted molar refractivity (Wildman–Crippen MR) is 183 cm³/mol. The zero-order valence-electron chi connectivity index (χ0n) is 31.0. The number of benzene rings is 1. The Kier molecular flexibility index (Phi) is 11.0. The highest BCUT2D eigenvalue weighted by atomic mass is 32.2. The molecule has 2 aliphatic rings. The van der Waals surface area contributed by atoms with Crippen LogP contribution in [0.5, 0.6) is 5.75 Å². The number of ketones is 1. The number of ether oxygens (including phenoxy) is 7. The minimum Gasteiger partial charge on any atom is -0.467 e. The molecule has 0 bridgehead atoms. The Bertz CT molecular complexity index is 2010. The van der Waals surface area contributed by atoms with Crippen LogP contribution in [0, 0.1) is 0 Å². The van der Waals surface area contributed by atoms with Gasteiger partial charge in [0.05, 0.1) is 18.4 Å². The number of rotatable bonds is 11. The SMILES string of the molecule is COCOc1ccccc1C(=O)C(F)(F)S(=O)(=O)N(C[C@H]1O[C@@H](n2cnc3c(NC(=O)OC(C)(C)C)ncnc32)C2OC(C)(C)O[C@H]21)C(=O)OC(C)(C)C. The molecule has 296 valence electrons. The van der Waals surface area contributed by atoms with E-state index in [1.54, 1.807) is 34.6 Å². The van der Waals surface area contributed by atoms with Crippen LogP contribution in [0.25, 0.3) is 11.2 Å². The maximum absolute atomic E-state index is 16.1. The average Bonchev–Trinajstić information content (AvgIpc) is 3.71. The third-order valence-corrected chi connectivity index (χ3v) is 9.37. The molecule has 18 nitrogen and oxygen atoms in total. The van der Waals surface area contributed by atoms with E-state index in [4.69, 9.17) is 33.2 Å². The number of hydrogen-bond donors (Lipinski definition) is 1. The number of aromatic nitrogens is 4. The van der Waals surface area contributed by atoms with Gasteiger partial charge in [-0.1, -0.05) is 12.1 Å². The molecule has 3 aromatic rings. The number of nitrogens with zero attached hydrogens (tertiary/aromatic N) is 5. The number of anilines is 1. The van der Waals surface area contributed by atoms with Crippen LogP contribution in [0.3, 0.4) is 0 Å². The molecule has 5 rings (SSSR count). The first-order valence-corrected chi connectivity index (χ1v) is 18.0. The molecule has 1 unspecified atom stereocenters. The molecule has 2 aliphatic heterocycles. The molecule has 4 heterocycles. The Morgan fingerprint density at radius 3 is 2.28 bits per heavy atom. The van der Waals surface area contributed by atoms with Crippen molar-refractivity contribution in [2.45, 2.75) is 102 Å². The number of nitrogens with one attached hydrogen (secondary N) is 1. The highest BCUT2D eigenvalue weighted by Crippen LogP contribution is 2.45. The maximum atomic E-state index is 16.1. The summed E-state index contributed by atoms with van der Waals surface area (Å²) in [5, 5.41) is -2.71. The van der Waals surface area contributed by atoms with Gasteiger partial charge in [-0.05, 0) is 67.5 Å². The van der Waals surface area contributed by atoms with Crippen molar-refractivity contribution in [2.24, 2.45) is 0 Å². The summed E-state index contributed by atoms with van der Waals surface area (Å²) < 4.78 is 100. The molecule has 0 saturated carbocycles. The lowest BCUT2D eigenvalue weighted by molar-refractivity contribution is -0.196. The number of para-hydroxylation sites is 1. The van der Waals surface area contributed by atoms with Crippen molar-refractivity contribution in [1.82, 2.24) is 23.8 Å². The van der Waals surface area contributed by atoms with Crippen LogP contribution in [-0.2, 0) is 38.4 Å². The number of sulfonamides is 1. The standard InChI is InChI=1S/C33H42F2N6O12S/c1-30(2,3)52-28(43)39-25-21-26(37-15-36-25)40(16-38-21)27-23-22(50-32(7,8)51-23)20(49-27)14-41(29(44)53-31(4,5)6)54(45,46)33(34,35)24(42)18-12-10-11-13-19(18)48-17-47-9/h10-13,15-16,20,22-23,27H,14,17H2,1-9H3,(H,36,37,39,43)/t20-,22+,23?,27-/m1/s1. The van der Waals surface area contributed by atoms with E-state index in [9.17, 15) is 22.8 Å². The van der Waals surface area contributed by atoms with E-state index < -0.39 is 93.7 Å². The average molecular weight is 785 g/mol. The van der Waals surface area contributed by atoms with Crippen molar-refractivity contribution in [3.63, 3.8) is 0 Å². The van der Waals surface area contributed by atoms with Gasteiger partial charge in [-0.15, -0.1) is 0 Å². The van der Waals surface area contributed by atoms with Crippen molar-refractivity contribution in [1.29, 1.82) is 0 Å². The lowest BCUT2D eigenvalue weighted by Crippen LogP contribution is -2.54. The van der Waals surface area contributed by atoms with Crippen LogP contribution >= 0.6 is 0 Å². The number of halogens is 2. The summed E-state index contributed by atoms with van der Waals surface area (Å²) in [4.78, 5) is 52.1. The molecule has 0 spiro atoms. The molecule has 0 radical (unpaired) electrons. The topological polar surface area (TPSA) is 209 Å². The van der Waals surface area contributed by atoms with Gasteiger partial charge in [0, 0.05) is 7.11 Å². The van der Waals surface area contributed by atoms with E-state index in [2.05, 4.69) is 20.3 Å². The van der Waals surface area contributed by atoms with Gasteiger partial charge < -0.3 is 33.2 Å². The second-order valence-electron chi connectivity index (χ2n) is 14.7. The lowest BCUT2D eigenvalue weighted by atomic mass is 10.1. The minimum absolute atomic E-state index is 0.00805. The summed E-state index contributed by atoms with van der Waals surface area (Å²) in [6, 6.07) is 4.73. The molecule has 2 fully saturated rings. The Balaban J connectivity index is 1.51. The summed E-state index contributed by atoms with van der Waals surface area (Å²) in [5.74, 6) is -3.86. The van der Waals surface area contributed by atoms with E-state index in [1.165, 1.54) is 57.0 Å². The van der Waals surface area contributed by atoms with Crippen molar-refractivity contribution in [3.05, 3.63) is 42.5 Å². The summed E-state index contributed by atoms with van der Waals surface area (Å²) in [7, 11) is -4.96. The zero-order chi connectivity index (χ0) is 40.0. The van der Waals surface area contributed by atoms with E-state index >= 15 is 8.78 Å². The first-order valence-electron chi connectivity index (χ1n) is 16.5. The Morgan fingerprint density at radius 2 is 1.63 bits per heavy atom. The van der Waals surface area contributed by atoms with E-state index in [1.807, 2.05) is 0 Å². The van der Waals surface area contributed by atoms with Crippen LogP contribution in [0.1, 0.15) is 72.0 Å². The van der Waals surface area contributed by atoms with Gasteiger partial charge in [-0.25, -0.2) is 24.5 Å². The second-order valence-corrected chi connectivity index (χ2v) is 16.6. The number of carbonyl (C=O) groups is 3. The normalized spacial score (nSPS) is 21.4. The van der Waals surface area contributed by atoms with E-state index in [0.717, 1.165) is 12.4 Å². The van der Waals surface area contributed by atoms with E-state index in [-0.39, 0.29) is 27.0 Å². The molecular formula is C33H42F2N6O12S. The summed E-state index contributed by atoms with van der Waals surface area (Å²) in [6.07, 6.45) is -4.99. The lowest BCUT2D eigenvalue weighted by Gasteiger charge is -2.32. The molecule has 2 amide bonds. The largest absolute Gasteiger partial charge is 0.467 e. The number of imidazole rings is 1. The van der Waals surface area contributed by atoms with Crippen LogP contribution in [-0.4, -0.2) is 111 Å². The van der Waals surface area contributed by atoms with Gasteiger partial charge in [0.2, 0.25) is 0 Å². The van der Waals surface area contributed by atoms with Crippen molar-refractivity contribution >= 4 is 45.0 Å². The fourth-order valence-electron chi connectivity index (χ4n) is 5.62. The molecule has 21 heteroatoms. The molecule has 2 saturated heterocycles. The van der Waals surface area contributed by atoms with Gasteiger partial charge in [0.1, 0.15) is 41.6 Å². The second kappa shape index (κ2) is 14.6. The van der Waals surface area contributed by atoms with Crippen molar-refractivity contribution in [3.8, 4) is 5.75 Å². The molecule has 1 N–H and O–H groups in total. The van der Waals surface area contributed by atoms with Gasteiger partial charge in [0.25, 0.3) is 5.78 Å². The summed E-state index contributed by atoms with van der Waals surface area (Å²) in [5.41, 5.74) is -2.73. The molecule has 1 aromatic carbocycles. The number of methoxy groups -OCH3 is 1. The third-order valence-electron chi connectivity index (χ3n) is 7.66. The fraction of sp³-hybridized carbons (Fsp3) is 0.576. The van der Waals surface area contributed by atoms with Gasteiger partial charge >= 0.3 is 27.5 Å². The number of fused-ring (bicyclic) bond motifs is 2. The van der Waals surface area contributed by atoms with Crippen LogP contribution in [0.4, 0.5) is 24.2 Å². The Morgan fingerprint density at radius 1 is 0.981 bits per heavy atom. The predicted octanol–water partition coefficient (Wildman–Crippen LogP) is 4.62. The molecule has 54 heavy (non-hydrogen) atoms. The first kappa shape index (κ1) is 40.6. The third kappa shape index (κ3) is 8.38. The molecular weight excluding hydrogens is 742 g/mol. The van der Waals surface area contributed by atoms with Crippen LogP contribution < -0.4 is 10.1 Å². The zero-order valence-corrected chi connectivity index (χ0v) is 31.8. The number of hydrogen-bond acceptors (Lipinski definition) is 15. The maximum Gasteiger partial charge on any atom is 0.425 e. The van der Waals surface area contributed by atoms with Gasteiger partial charge in [0.15, 0.2) is 35.8 Å². The highest BCUT2D eigenvalue weighted by molar-refractivity contribution is 7.91. The number of alkyl halides is 2. The van der Waals surface area contributed by atoms with Crippen LogP contribution in [0.15, 0.2) is 36.9 Å². The molecule has 0 aliphatic carbocycles. The number of carbonyl (C=O) groups excluding carboxylic acids is 3. The van der Waals surface area contributed by atoms with E-state index in [0.29, 0.717) is 0 Å². The fourth-order valence-corrected chi connectivity index (χ4v) is 6.82. The molecule has 4 atom stereocenters. The van der Waals surface area contributed by atoms with Crippen LogP contribution in [0.2, 0.25) is 0 Å². The molecule has 2 aromatic heterocycles. The Hall–Kier alpha value is -4.57. The van der Waals surface area contributed by atoms with Crippen molar-refractivity contribution < 1.29 is 64.7 Å². The highest BCUT2D eigenvalue weighted by Gasteiger charge is 2.62. The van der Waals surface area contributed by atoms with Gasteiger partial charge in [-0.3, -0.25) is 14.7 Å². The minimum atomic E-state index is -6.22. The number of amides is 2. The monoisotopic (exact) mass is 784 g/mol. The summed E-state index contributed by atoms with van der Waals surface area (Å²) in [6.45, 7) is 10.8. The first-order chi connectivity index (χ1) is 25.0. The van der Waals surface area contributed by atoms with Gasteiger partial charge in [-0.2, -0.15) is 21.5 Å². The summed E-state index contributed by atoms with van der Waals surface area (Å²) >= 11 is 0. The number of Topliss-reactive ketones (excluding diaryl/α,β-unsaturated/α-hetero) is 1.